The van der Waals surface area contributed by atoms with Crippen molar-refractivity contribution in [3.63, 3.8) is 0 Å². The van der Waals surface area contributed by atoms with E-state index in [0.717, 1.165) is 12.1 Å². The molecule has 1 amide bonds. The van der Waals surface area contributed by atoms with Crippen LogP contribution in [0.3, 0.4) is 0 Å². The highest BCUT2D eigenvalue weighted by Gasteiger charge is 2.31. The van der Waals surface area contributed by atoms with Crippen LogP contribution in [0.2, 0.25) is 0 Å². The Labute approximate surface area is 108 Å². The quantitative estimate of drug-likeness (QED) is 0.809. The molecule has 0 spiro atoms. The Morgan fingerprint density at radius 3 is 2.94 bits per heavy atom. The summed E-state index contributed by atoms with van der Waals surface area (Å²) in [5, 5.41) is 4.29. The van der Waals surface area contributed by atoms with Crippen molar-refractivity contribution >= 4 is 5.91 Å². The van der Waals surface area contributed by atoms with Crippen LogP contribution in [0.15, 0.2) is 6.20 Å². The Kier molecular flexibility index (Phi) is 3.71. The summed E-state index contributed by atoms with van der Waals surface area (Å²) in [6.07, 6.45) is 1.86. The van der Waals surface area contributed by atoms with Crippen molar-refractivity contribution in [1.29, 1.82) is 0 Å². The first kappa shape index (κ1) is 13.1. The van der Waals surface area contributed by atoms with E-state index in [1.165, 1.54) is 5.69 Å². The molecule has 0 fully saturated rings. The Morgan fingerprint density at radius 1 is 1.61 bits per heavy atom. The fourth-order valence-electron chi connectivity index (χ4n) is 2.63. The van der Waals surface area contributed by atoms with Crippen molar-refractivity contribution in [2.75, 3.05) is 20.3 Å². The van der Waals surface area contributed by atoms with Gasteiger partial charge in [-0.05, 0) is 0 Å². The topological polar surface area (TPSA) is 47.4 Å². The monoisotopic (exact) mass is 251 g/mol. The molecule has 100 valence electrons. The smallest absolute Gasteiger partial charge is 0.225 e. The Hall–Kier alpha value is -1.36. The van der Waals surface area contributed by atoms with Gasteiger partial charge in [0.1, 0.15) is 0 Å². The van der Waals surface area contributed by atoms with Gasteiger partial charge in [-0.3, -0.25) is 9.48 Å². The lowest BCUT2D eigenvalue weighted by Crippen LogP contribution is -2.41. The number of ether oxygens (including phenoxy) is 1. The average molecular weight is 251 g/mol. The summed E-state index contributed by atoms with van der Waals surface area (Å²) < 4.78 is 7.17. The summed E-state index contributed by atoms with van der Waals surface area (Å²) in [5.41, 5.74) is 2.34. The first-order chi connectivity index (χ1) is 8.54. The second-order valence-corrected chi connectivity index (χ2v) is 5.20. The molecule has 5 heteroatoms. The highest BCUT2D eigenvalue weighted by Crippen LogP contribution is 2.28. The van der Waals surface area contributed by atoms with Crippen molar-refractivity contribution in [3.8, 4) is 0 Å². The van der Waals surface area contributed by atoms with Gasteiger partial charge in [0.15, 0.2) is 0 Å². The van der Waals surface area contributed by atoms with Crippen LogP contribution < -0.4 is 0 Å². The molecule has 1 atom stereocenters. The summed E-state index contributed by atoms with van der Waals surface area (Å²) in [4.78, 5) is 14.0. The number of hydrogen-bond acceptors (Lipinski definition) is 3. The summed E-state index contributed by atoms with van der Waals surface area (Å²) in [5.74, 6) is 0.450. The van der Waals surface area contributed by atoms with E-state index in [0.29, 0.717) is 13.2 Å². The van der Waals surface area contributed by atoms with E-state index in [4.69, 9.17) is 4.74 Å². The molecule has 0 N–H and O–H groups in total. The largest absolute Gasteiger partial charge is 0.384 e. The van der Waals surface area contributed by atoms with E-state index in [1.807, 2.05) is 36.7 Å². The number of aryl methyl sites for hydroxylation is 1. The number of carbonyl (C=O) groups is 1. The summed E-state index contributed by atoms with van der Waals surface area (Å²) in [6.45, 7) is 5.88. The Bertz CT molecular complexity index is 439. The zero-order valence-electron chi connectivity index (χ0n) is 11.5. The molecule has 1 aliphatic heterocycles. The average Bonchev–Trinajstić information content (AvgIpc) is 2.70. The second kappa shape index (κ2) is 5.10. The first-order valence-corrected chi connectivity index (χ1v) is 6.33. The normalized spacial score (nSPS) is 19.2. The van der Waals surface area contributed by atoms with Crippen molar-refractivity contribution in [2.45, 2.75) is 26.3 Å². The summed E-state index contributed by atoms with van der Waals surface area (Å²) in [6, 6.07) is 0. The van der Waals surface area contributed by atoms with E-state index in [9.17, 15) is 4.79 Å². The zero-order valence-corrected chi connectivity index (χ0v) is 11.5. The molecule has 1 aliphatic rings. The van der Waals surface area contributed by atoms with Crippen molar-refractivity contribution in [3.05, 3.63) is 17.5 Å². The number of rotatable bonds is 3. The van der Waals surface area contributed by atoms with Crippen molar-refractivity contribution in [1.82, 2.24) is 14.7 Å². The van der Waals surface area contributed by atoms with E-state index in [2.05, 4.69) is 5.10 Å². The minimum atomic E-state index is 0.0337. The molecule has 0 aromatic carbocycles. The lowest BCUT2D eigenvalue weighted by atomic mass is 9.96. The molecule has 2 heterocycles. The van der Waals surface area contributed by atoms with Crippen LogP contribution in [-0.4, -0.2) is 40.8 Å². The van der Waals surface area contributed by atoms with Crippen LogP contribution in [0.5, 0.6) is 0 Å². The van der Waals surface area contributed by atoms with Gasteiger partial charge in [-0.2, -0.15) is 5.10 Å². The number of fused-ring (bicyclic) bond motifs is 1. The predicted molar refractivity (Wildman–Crippen MR) is 68.1 cm³/mol. The minimum Gasteiger partial charge on any atom is -0.384 e. The van der Waals surface area contributed by atoms with Gasteiger partial charge in [0.2, 0.25) is 5.91 Å². The molecule has 1 aromatic rings. The van der Waals surface area contributed by atoms with Gasteiger partial charge in [0, 0.05) is 44.6 Å². The van der Waals surface area contributed by atoms with E-state index < -0.39 is 0 Å². The maximum atomic E-state index is 12.1. The molecule has 2 rings (SSSR count). The van der Waals surface area contributed by atoms with Crippen LogP contribution >= 0.6 is 0 Å². The number of nitrogens with zero attached hydrogens (tertiary/aromatic N) is 3. The lowest BCUT2D eigenvalue weighted by molar-refractivity contribution is -0.136. The third-order valence-corrected chi connectivity index (χ3v) is 3.43. The maximum Gasteiger partial charge on any atom is 0.225 e. The summed E-state index contributed by atoms with van der Waals surface area (Å²) in [7, 11) is 3.64. The molecular formula is C13H21N3O2. The molecule has 18 heavy (non-hydrogen) atoms. The fraction of sp³-hybridized carbons (Fsp3) is 0.692. The van der Waals surface area contributed by atoms with Crippen molar-refractivity contribution < 1.29 is 9.53 Å². The molecule has 1 aromatic heterocycles. The maximum absolute atomic E-state index is 12.1. The Morgan fingerprint density at radius 2 is 2.33 bits per heavy atom. The minimum absolute atomic E-state index is 0.0337. The van der Waals surface area contributed by atoms with Crippen LogP contribution in [0.4, 0.5) is 0 Å². The third-order valence-electron chi connectivity index (χ3n) is 3.43. The molecule has 5 nitrogen and oxygen atoms in total. The van der Waals surface area contributed by atoms with E-state index >= 15 is 0 Å². The van der Waals surface area contributed by atoms with E-state index in [-0.39, 0.29) is 17.7 Å². The number of methoxy groups -OCH3 is 1. The predicted octanol–water partition coefficient (Wildman–Crippen LogP) is 1.15. The highest BCUT2D eigenvalue weighted by molar-refractivity contribution is 5.78. The van der Waals surface area contributed by atoms with Gasteiger partial charge >= 0.3 is 0 Å². The molecule has 0 aliphatic carbocycles. The van der Waals surface area contributed by atoms with Gasteiger partial charge < -0.3 is 9.64 Å². The highest BCUT2D eigenvalue weighted by atomic mass is 16.5. The molecule has 0 bridgehead atoms. The van der Waals surface area contributed by atoms with Crippen LogP contribution in [0.1, 0.15) is 31.0 Å². The number of carbonyl (C=O) groups excluding carboxylic acids is 1. The number of hydrogen-bond donors (Lipinski definition) is 0. The number of amides is 1. The van der Waals surface area contributed by atoms with Crippen LogP contribution in [0.25, 0.3) is 0 Å². The zero-order chi connectivity index (χ0) is 13.3. The van der Waals surface area contributed by atoms with Gasteiger partial charge in [-0.25, -0.2) is 0 Å². The molecule has 0 saturated heterocycles. The summed E-state index contributed by atoms with van der Waals surface area (Å²) >= 11 is 0. The Balaban J connectivity index is 2.26. The van der Waals surface area contributed by atoms with Crippen molar-refractivity contribution in [2.24, 2.45) is 13.0 Å². The molecule has 0 unspecified atom stereocenters. The van der Waals surface area contributed by atoms with E-state index in [1.54, 1.807) is 7.11 Å². The fourth-order valence-corrected chi connectivity index (χ4v) is 2.63. The van der Waals surface area contributed by atoms with Gasteiger partial charge in [0.05, 0.1) is 18.5 Å². The molecule has 0 saturated carbocycles. The molecule has 0 radical (unpaired) electrons. The second-order valence-electron chi connectivity index (χ2n) is 5.20. The van der Waals surface area contributed by atoms with Gasteiger partial charge in [-0.1, -0.05) is 13.8 Å². The lowest BCUT2D eigenvalue weighted by Gasteiger charge is -2.33. The first-order valence-electron chi connectivity index (χ1n) is 6.33. The van der Waals surface area contributed by atoms with Crippen LogP contribution in [0, 0.1) is 5.92 Å². The third kappa shape index (κ3) is 2.27. The standard InChI is InChI=1S/C13H21N3O2/c1-9(2)13(17)16-6-10-5-14-15(3)12(10)11(7-16)8-18-4/h5,9,11H,6-8H2,1-4H3/t11-/m0/s1. The van der Waals surface area contributed by atoms with Crippen LogP contribution in [-0.2, 0) is 23.1 Å². The van der Waals surface area contributed by atoms with Gasteiger partial charge in [-0.15, -0.1) is 0 Å². The van der Waals surface area contributed by atoms with Gasteiger partial charge in [0.25, 0.3) is 0 Å². The number of aromatic nitrogens is 2. The molecular weight excluding hydrogens is 230 g/mol. The SMILES string of the molecule is COC[C@@H]1CN(C(=O)C(C)C)Cc2cnn(C)c21.